The number of rotatable bonds is 6. The Morgan fingerprint density at radius 3 is 2.65 bits per heavy atom. The van der Waals surface area contributed by atoms with E-state index in [9.17, 15) is 14.4 Å². The number of hydrogen-bond acceptors (Lipinski definition) is 5. The van der Waals surface area contributed by atoms with Crippen molar-refractivity contribution in [3.63, 3.8) is 0 Å². The number of nitrogens with one attached hydrogen (secondary N) is 1. The van der Waals surface area contributed by atoms with Gasteiger partial charge in [0.2, 0.25) is 17.7 Å². The lowest BCUT2D eigenvalue weighted by Gasteiger charge is -2.14. The van der Waals surface area contributed by atoms with Gasteiger partial charge in [-0.25, -0.2) is 0 Å². The zero-order valence-corrected chi connectivity index (χ0v) is 14.4. The zero-order valence-electron chi connectivity index (χ0n) is 14.4. The van der Waals surface area contributed by atoms with Crippen LogP contribution in [0.1, 0.15) is 24.8 Å². The summed E-state index contributed by atoms with van der Waals surface area (Å²) in [7, 11) is 0. The maximum atomic E-state index is 12.1. The van der Waals surface area contributed by atoms with Gasteiger partial charge in [-0.3, -0.25) is 24.3 Å². The second-order valence-electron chi connectivity index (χ2n) is 6.01. The fraction of sp³-hybridized carbons (Fsp3) is 0.263. The van der Waals surface area contributed by atoms with Crippen molar-refractivity contribution in [2.75, 3.05) is 11.9 Å². The van der Waals surface area contributed by atoms with Crippen LogP contribution in [0.25, 0.3) is 0 Å². The molecule has 0 unspecified atom stereocenters. The number of carbonyl (C=O) groups is 3. The number of pyridine rings is 1. The number of imide groups is 1. The largest absolute Gasteiger partial charge is 0.455 e. The number of amides is 3. The first-order valence-corrected chi connectivity index (χ1v) is 8.34. The van der Waals surface area contributed by atoms with Crippen LogP contribution in [-0.4, -0.2) is 34.2 Å². The Bertz CT molecular complexity index is 820. The van der Waals surface area contributed by atoms with Crippen LogP contribution in [0.4, 0.5) is 5.69 Å². The van der Waals surface area contributed by atoms with E-state index in [1.807, 2.05) is 13.0 Å². The number of aryl methyl sites for hydroxylation is 1. The van der Waals surface area contributed by atoms with Gasteiger partial charge in [0, 0.05) is 37.7 Å². The molecule has 26 heavy (non-hydrogen) atoms. The third kappa shape index (κ3) is 4.24. The summed E-state index contributed by atoms with van der Waals surface area (Å²) in [5.74, 6) is 0.625. The van der Waals surface area contributed by atoms with E-state index in [0.29, 0.717) is 17.2 Å². The third-order valence-corrected chi connectivity index (χ3v) is 4.04. The number of nitrogens with zero attached hydrogens (tertiary/aromatic N) is 2. The van der Waals surface area contributed by atoms with E-state index in [4.69, 9.17) is 4.74 Å². The number of likely N-dealkylation sites (tertiary alicyclic amines) is 1. The topological polar surface area (TPSA) is 88.6 Å². The molecular formula is C19H19N3O4. The Morgan fingerprint density at radius 1 is 1.23 bits per heavy atom. The van der Waals surface area contributed by atoms with Crippen LogP contribution in [0.2, 0.25) is 0 Å². The fourth-order valence-corrected chi connectivity index (χ4v) is 2.69. The summed E-state index contributed by atoms with van der Waals surface area (Å²) in [6.45, 7) is 1.99. The summed E-state index contributed by atoms with van der Waals surface area (Å²) in [6, 6.07) is 8.90. The van der Waals surface area contributed by atoms with E-state index < -0.39 is 0 Å². The van der Waals surface area contributed by atoms with E-state index in [-0.39, 0.29) is 43.5 Å². The summed E-state index contributed by atoms with van der Waals surface area (Å²) in [5.41, 5.74) is 1.49. The summed E-state index contributed by atoms with van der Waals surface area (Å²) in [6.07, 6.45) is 3.83. The average molecular weight is 353 g/mol. The summed E-state index contributed by atoms with van der Waals surface area (Å²) < 4.78 is 5.75. The van der Waals surface area contributed by atoms with Crippen molar-refractivity contribution in [3.05, 3.63) is 48.3 Å². The van der Waals surface area contributed by atoms with Crippen molar-refractivity contribution in [3.8, 4) is 11.5 Å². The molecule has 2 aromatic rings. The van der Waals surface area contributed by atoms with Gasteiger partial charge in [0.1, 0.15) is 11.5 Å². The van der Waals surface area contributed by atoms with E-state index >= 15 is 0 Å². The van der Waals surface area contributed by atoms with Crippen LogP contribution in [0, 0.1) is 6.92 Å². The fourth-order valence-electron chi connectivity index (χ4n) is 2.69. The van der Waals surface area contributed by atoms with Crippen LogP contribution < -0.4 is 10.1 Å². The first kappa shape index (κ1) is 17.6. The van der Waals surface area contributed by atoms with E-state index in [2.05, 4.69) is 10.3 Å². The molecule has 1 aliphatic rings. The lowest BCUT2D eigenvalue weighted by Crippen LogP contribution is -2.32. The van der Waals surface area contributed by atoms with Gasteiger partial charge in [-0.15, -0.1) is 0 Å². The van der Waals surface area contributed by atoms with Crippen LogP contribution in [-0.2, 0) is 14.4 Å². The molecule has 1 aromatic heterocycles. The molecule has 3 amide bonds. The minimum Gasteiger partial charge on any atom is -0.455 e. The van der Waals surface area contributed by atoms with Crippen LogP contribution in [0.3, 0.4) is 0 Å². The molecule has 1 saturated heterocycles. The first-order valence-electron chi connectivity index (χ1n) is 8.34. The second-order valence-corrected chi connectivity index (χ2v) is 6.01. The molecule has 0 saturated carbocycles. The molecule has 134 valence electrons. The highest BCUT2D eigenvalue weighted by atomic mass is 16.5. The Kier molecular flexibility index (Phi) is 5.26. The Hall–Kier alpha value is -3.22. The molecule has 0 atom stereocenters. The smallest absolute Gasteiger partial charge is 0.229 e. The van der Waals surface area contributed by atoms with Gasteiger partial charge in [-0.2, -0.15) is 0 Å². The second kappa shape index (κ2) is 7.77. The summed E-state index contributed by atoms with van der Waals surface area (Å²) in [4.78, 5) is 40.3. The Balaban J connectivity index is 1.56. The Morgan fingerprint density at radius 2 is 2.00 bits per heavy atom. The lowest BCUT2D eigenvalue weighted by molar-refractivity contribution is -0.138. The molecular weight excluding hydrogens is 334 g/mol. The molecule has 1 N–H and O–H groups in total. The monoisotopic (exact) mass is 353 g/mol. The highest BCUT2D eigenvalue weighted by molar-refractivity contribution is 6.02. The van der Waals surface area contributed by atoms with Crippen molar-refractivity contribution in [2.24, 2.45) is 0 Å². The Labute approximate surface area is 151 Å². The van der Waals surface area contributed by atoms with Gasteiger partial charge in [-0.05, 0) is 42.8 Å². The number of hydrogen-bond donors (Lipinski definition) is 1. The molecule has 7 heteroatoms. The van der Waals surface area contributed by atoms with Gasteiger partial charge in [-0.1, -0.05) is 0 Å². The van der Waals surface area contributed by atoms with Gasteiger partial charge < -0.3 is 10.1 Å². The van der Waals surface area contributed by atoms with E-state index in [0.717, 1.165) is 10.5 Å². The van der Waals surface area contributed by atoms with Crippen LogP contribution in [0.5, 0.6) is 11.5 Å². The highest BCUT2D eigenvalue weighted by Crippen LogP contribution is 2.26. The van der Waals surface area contributed by atoms with Crippen LogP contribution >= 0.6 is 0 Å². The standard InChI is InChI=1S/C19H19N3O4/c1-13-11-14(4-5-16(13)26-15-3-2-9-20-12-15)21-17(23)8-10-22-18(24)6-7-19(22)25/h2-5,9,11-12H,6-8,10H2,1H3,(H,21,23). The van der Waals surface area contributed by atoms with Crippen molar-refractivity contribution in [2.45, 2.75) is 26.2 Å². The van der Waals surface area contributed by atoms with Gasteiger partial charge in [0.15, 0.2) is 0 Å². The third-order valence-electron chi connectivity index (χ3n) is 4.04. The molecule has 3 rings (SSSR count). The lowest BCUT2D eigenvalue weighted by atomic mass is 10.2. The SMILES string of the molecule is Cc1cc(NC(=O)CCN2C(=O)CCC2=O)ccc1Oc1cccnc1. The molecule has 1 aliphatic heterocycles. The summed E-state index contributed by atoms with van der Waals surface area (Å²) >= 11 is 0. The normalized spacial score (nSPS) is 13.8. The molecule has 1 aromatic carbocycles. The van der Waals surface area contributed by atoms with E-state index in [1.165, 1.54) is 0 Å². The highest BCUT2D eigenvalue weighted by Gasteiger charge is 2.28. The zero-order chi connectivity index (χ0) is 18.5. The predicted molar refractivity (Wildman–Crippen MR) is 94.7 cm³/mol. The van der Waals surface area contributed by atoms with Crippen molar-refractivity contribution in [1.29, 1.82) is 0 Å². The van der Waals surface area contributed by atoms with E-state index in [1.54, 1.807) is 36.7 Å². The number of aromatic nitrogens is 1. The maximum absolute atomic E-state index is 12.1. The molecule has 1 fully saturated rings. The number of anilines is 1. The molecule has 0 spiro atoms. The number of benzene rings is 1. The molecule has 7 nitrogen and oxygen atoms in total. The molecule has 2 heterocycles. The molecule has 0 bridgehead atoms. The predicted octanol–water partition coefficient (Wildman–Crippen LogP) is 2.66. The minimum atomic E-state index is -0.252. The summed E-state index contributed by atoms with van der Waals surface area (Å²) in [5, 5.41) is 2.77. The van der Waals surface area contributed by atoms with Gasteiger partial charge >= 0.3 is 0 Å². The van der Waals surface area contributed by atoms with Crippen molar-refractivity contribution < 1.29 is 19.1 Å². The van der Waals surface area contributed by atoms with Crippen LogP contribution in [0.15, 0.2) is 42.7 Å². The van der Waals surface area contributed by atoms with Gasteiger partial charge in [0.25, 0.3) is 0 Å². The average Bonchev–Trinajstić information content (AvgIpc) is 2.94. The van der Waals surface area contributed by atoms with Crippen molar-refractivity contribution >= 4 is 23.4 Å². The van der Waals surface area contributed by atoms with Crippen molar-refractivity contribution in [1.82, 2.24) is 9.88 Å². The first-order chi connectivity index (χ1) is 12.5. The maximum Gasteiger partial charge on any atom is 0.229 e. The quantitative estimate of drug-likeness (QED) is 0.807. The molecule has 0 radical (unpaired) electrons. The van der Waals surface area contributed by atoms with Gasteiger partial charge in [0.05, 0.1) is 6.20 Å². The molecule has 0 aliphatic carbocycles. The number of ether oxygens (including phenoxy) is 1. The minimum absolute atomic E-state index is 0.0739. The number of carbonyl (C=O) groups excluding carboxylic acids is 3.